The number of aryl methyl sites for hydroxylation is 1. The third kappa shape index (κ3) is 4.05. The van der Waals surface area contributed by atoms with Gasteiger partial charge in [-0.05, 0) is 37.2 Å². The molecule has 1 atom stereocenters. The van der Waals surface area contributed by atoms with Gasteiger partial charge in [-0.1, -0.05) is 31.2 Å². The third-order valence-electron chi connectivity index (χ3n) is 3.30. The molecule has 2 aromatic carbocycles. The lowest BCUT2D eigenvalue weighted by molar-refractivity contribution is 0.500. The zero-order chi connectivity index (χ0) is 15.2. The molecule has 112 valence electrons. The highest BCUT2D eigenvalue weighted by Gasteiger charge is 2.19. The van der Waals surface area contributed by atoms with Crippen LogP contribution in [-0.4, -0.2) is 12.3 Å². The van der Waals surface area contributed by atoms with Crippen LogP contribution >= 0.6 is 11.8 Å². The summed E-state index contributed by atoms with van der Waals surface area (Å²) in [5.74, 6) is -0.408. The molecule has 0 bridgehead atoms. The Morgan fingerprint density at radius 2 is 1.71 bits per heavy atom. The second-order valence-electron chi connectivity index (χ2n) is 4.82. The van der Waals surface area contributed by atoms with Gasteiger partial charge in [0.2, 0.25) is 0 Å². The summed E-state index contributed by atoms with van der Waals surface area (Å²) in [7, 11) is 0. The molecule has 1 unspecified atom stereocenters. The van der Waals surface area contributed by atoms with Crippen molar-refractivity contribution in [1.29, 1.82) is 0 Å². The molecule has 0 aliphatic carbocycles. The molecule has 21 heavy (non-hydrogen) atoms. The van der Waals surface area contributed by atoms with E-state index < -0.39 is 11.6 Å². The first kappa shape index (κ1) is 16.0. The van der Waals surface area contributed by atoms with Gasteiger partial charge in [-0.25, -0.2) is 8.78 Å². The summed E-state index contributed by atoms with van der Waals surface area (Å²) in [5, 5.41) is 3.17. The number of hydrogen-bond donors (Lipinski definition) is 1. The van der Waals surface area contributed by atoms with Crippen LogP contribution in [0.25, 0.3) is 0 Å². The van der Waals surface area contributed by atoms with Crippen LogP contribution in [0.5, 0.6) is 0 Å². The van der Waals surface area contributed by atoms with E-state index in [0.717, 1.165) is 4.90 Å². The largest absolute Gasteiger partial charge is 0.309 e. The number of hydrogen-bond acceptors (Lipinski definition) is 2. The van der Waals surface area contributed by atoms with Crippen molar-refractivity contribution in [1.82, 2.24) is 5.32 Å². The summed E-state index contributed by atoms with van der Waals surface area (Å²) in [5.41, 5.74) is 1.30. The summed E-state index contributed by atoms with van der Waals surface area (Å²) in [6.45, 7) is 4.63. The maximum Gasteiger partial charge on any atom is 0.130 e. The molecule has 0 aliphatic heterocycles. The molecule has 4 heteroatoms. The molecular weight excluding hydrogens is 288 g/mol. The Morgan fingerprint density at radius 1 is 1.05 bits per heavy atom. The van der Waals surface area contributed by atoms with Gasteiger partial charge in [-0.3, -0.25) is 0 Å². The van der Waals surface area contributed by atoms with Crippen molar-refractivity contribution in [3.05, 3.63) is 65.2 Å². The van der Waals surface area contributed by atoms with E-state index in [-0.39, 0.29) is 11.6 Å². The molecule has 0 amide bonds. The standard InChI is InChI=1S/C17H19F2NS/c1-3-20-15(17-13(18)8-6-9-14(17)19)11-21-16-10-5-4-7-12(16)2/h4-10,15,20H,3,11H2,1-2H3. The highest BCUT2D eigenvalue weighted by molar-refractivity contribution is 7.99. The van der Waals surface area contributed by atoms with Gasteiger partial charge in [0.15, 0.2) is 0 Å². The van der Waals surface area contributed by atoms with Gasteiger partial charge < -0.3 is 5.32 Å². The summed E-state index contributed by atoms with van der Waals surface area (Å²) in [4.78, 5) is 1.14. The van der Waals surface area contributed by atoms with Gasteiger partial charge in [0.25, 0.3) is 0 Å². The van der Waals surface area contributed by atoms with E-state index in [1.165, 1.54) is 23.8 Å². The maximum absolute atomic E-state index is 13.9. The topological polar surface area (TPSA) is 12.0 Å². The smallest absolute Gasteiger partial charge is 0.130 e. The number of thioether (sulfide) groups is 1. The van der Waals surface area contributed by atoms with Crippen LogP contribution in [0.4, 0.5) is 8.78 Å². The van der Waals surface area contributed by atoms with Crippen molar-refractivity contribution in [3.63, 3.8) is 0 Å². The molecule has 2 rings (SSSR count). The number of benzene rings is 2. The Bertz CT molecular complexity index is 581. The summed E-state index contributed by atoms with van der Waals surface area (Å²) < 4.78 is 27.9. The van der Waals surface area contributed by atoms with Crippen molar-refractivity contribution in [2.24, 2.45) is 0 Å². The van der Waals surface area contributed by atoms with Crippen LogP contribution in [-0.2, 0) is 0 Å². The van der Waals surface area contributed by atoms with Crippen LogP contribution in [0.1, 0.15) is 24.1 Å². The van der Waals surface area contributed by atoms with E-state index >= 15 is 0 Å². The summed E-state index contributed by atoms with van der Waals surface area (Å²) in [6.07, 6.45) is 0. The average Bonchev–Trinajstić information content (AvgIpc) is 2.46. The van der Waals surface area contributed by atoms with E-state index in [2.05, 4.69) is 5.32 Å². The van der Waals surface area contributed by atoms with Crippen molar-refractivity contribution in [2.75, 3.05) is 12.3 Å². The first-order valence-electron chi connectivity index (χ1n) is 6.99. The molecule has 1 nitrogen and oxygen atoms in total. The average molecular weight is 307 g/mol. The summed E-state index contributed by atoms with van der Waals surface area (Å²) >= 11 is 1.61. The Labute approximate surface area is 128 Å². The highest BCUT2D eigenvalue weighted by atomic mass is 32.2. The number of rotatable bonds is 6. The third-order valence-corrected chi connectivity index (χ3v) is 4.57. The Balaban J connectivity index is 2.18. The van der Waals surface area contributed by atoms with Gasteiger partial charge in [0, 0.05) is 22.3 Å². The molecule has 0 radical (unpaired) electrons. The van der Waals surface area contributed by atoms with E-state index in [1.807, 2.05) is 38.1 Å². The lowest BCUT2D eigenvalue weighted by atomic mass is 10.1. The van der Waals surface area contributed by atoms with Gasteiger partial charge in [0.1, 0.15) is 11.6 Å². The number of halogens is 2. The molecule has 2 aromatic rings. The first-order chi connectivity index (χ1) is 10.1. The fraction of sp³-hybridized carbons (Fsp3) is 0.294. The zero-order valence-electron chi connectivity index (χ0n) is 12.2. The maximum atomic E-state index is 13.9. The fourth-order valence-electron chi connectivity index (χ4n) is 2.23. The quantitative estimate of drug-likeness (QED) is 0.775. The zero-order valence-corrected chi connectivity index (χ0v) is 13.0. The minimum absolute atomic E-state index is 0.125. The van der Waals surface area contributed by atoms with E-state index in [4.69, 9.17) is 0 Å². The fourth-order valence-corrected chi connectivity index (χ4v) is 3.33. The molecule has 0 saturated carbocycles. The minimum Gasteiger partial charge on any atom is -0.309 e. The van der Waals surface area contributed by atoms with Crippen molar-refractivity contribution >= 4 is 11.8 Å². The van der Waals surface area contributed by atoms with Crippen LogP contribution in [0.3, 0.4) is 0 Å². The van der Waals surface area contributed by atoms with Crippen molar-refractivity contribution < 1.29 is 8.78 Å². The Hall–Kier alpha value is -1.39. The highest BCUT2D eigenvalue weighted by Crippen LogP contribution is 2.29. The monoisotopic (exact) mass is 307 g/mol. The van der Waals surface area contributed by atoms with Crippen molar-refractivity contribution in [2.45, 2.75) is 24.8 Å². The second-order valence-corrected chi connectivity index (χ2v) is 5.88. The van der Waals surface area contributed by atoms with E-state index in [1.54, 1.807) is 11.8 Å². The minimum atomic E-state index is -0.494. The molecule has 0 aliphatic rings. The summed E-state index contributed by atoms with van der Waals surface area (Å²) in [6, 6.07) is 11.7. The molecule has 1 N–H and O–H groups in total. The molecule has 0 spiro atoms. The molecule has 0 heterocycles. The Morgan fingerprint density at radius 3 is 2.33 bits per heavy atom. The molecule has 0 saturated heterocycles. The number of nitrogens with one attached hydrogen (secondary N) is 1. The van der Waals surface area contributed by atoms with E-state index in [0.29, 0.717) is 12.3 Å². The van der Waals surface area contributed by atoms with Gasteiger partial charge in [-0.2, -0.15) is 0 Å². The lowest BCUT2D eigenvalue weighted by Gasteiger charge is -2.19. The van der Waals surface area contributed by atoms with Crippen molar-refractivity contribution in [3.8, 4) is 0 Å². The lowest BCUT2D eigenvalue weighted by Crippen LogP contribution is -2.25. The van der Waals surface area contributed by atoms with Crippen LogP contribution < -0.4 is 5.32 Å². The molecule has 0 aromatic heterocycles. The normalized spacial score (nSPS) is 12.4. The van der Waals surface area contributed by atoms with Crippen LogP contribution in [0.15, 0.2) is 47.4 Å². The first-order valence-corrected chi connectivity index (χ1v) is 7.97. The van der Waals surface area contributed by atoms with Gasteiger partial charge >= 0.3 is 0 Å². The van der Waals surface area contributed by atoms with Gasteiger partial charge in [-0.15, -0.1) is 11.8 Å². The predicted molar refractivity (Wildman–Crippen MR) is 84.7 cm³/mol. The SMILES string of the molecule is CCNC(CSc1ccccc1C)c1c(F)cccc1F. The van der Waals surface area contributed by atoms with Gasteiger partial charge in [0.05, 0.1) is 0 Å². The van der Waals surface area contributed by atoms with Crippen LogP contribution in [0, 0.1) is 18.6 Å². The molecular formula is C17H19F2NS. The predicted octanol–water partition coefficient (Wildman–Crippen LogP) is 4.72. The van der Waals surface area contributed by atoms with E-state index in [9.17, 15) is 8.78 Å². The molecule has 0 fully saturated rings. The van der Waals surface area contributed by atoms with Crippen LogP contribution in [0.2, 0.25) is 0 Å². The Kier molecular flexibility index (Phi) is 5.76. The second kappa shape index (κ2) is 7.57.